The number of piperidine rings is 1. The molecule has 0 radical (unpaired) electrons. The van der Waals surface area contributed by atoms with Crippen LogP contribution in [-0.4, -0.2) is 47.9 Å². The molecule has 0 aliphatic carbocycles. The highest BCUT2D eigenvalue weighted by atomic mass is 16.6. The van der Waals surface area contributed by atoms with Crippen molar-refractivity contribution in [2.45, 2.75) is 44.9 Å². The van der Waals surface area contributed by atoms with Gasteiger partial charge in [-0.05, 0) is 32.7 Å². The van der Waals surface area contributed by atoms with Gasteiger partial charge in [-0.25, -0.2) is 9.59 Å². The first-order valence-corrected chi connectivity index (χ1v) is 6.21. The molecule has 112 valence electrons. The van der Waals surface area contributed by atoms with Crippen LogP contribution in [0.25, 0.3) is 10.4 Å². The minimum absolute atomic E-state index is 0.0849. The molecule has 1 unspecified atom stereocenters. The number of carbonyl (C=O) groups excluding carboxylic acids is 2. The highest BCUT2D eigenvalue weighted by Gasteiger charge is 2.35. The van der Waals surface area contributed by atoms with E-state index in [1.165, 1.54) is 4.90 Å². The van der Waals surface area contributed by atoms with Gasteiger partial charge in [0.2, 0.25) is 0 Å². The third-order valence-corrected chi connectivity index (χ3v) is 2.64. The number of hydrogen-bond acceptors (Lipinski definition) is 5. The van der Waals surface area contributed by atoms with Crippen molar-refractivity contribution in [3.05, 3.63) is 10.4 Å². The van der Waals surface area contributed by atoms with Crippen LogP contribution in [0.3, 0.4) is 0 Å². The third kappa shape index (κ3) is 4.85. The van der Waals surface area contributed by atoms with E-state index in [9.17, 15) is 9.59 Å². The number of nitrogens with two attached hydrogens (primary N) is 1. The van der Waals surface area contributed by atoms with E-state index in [1.54, 1.807) is 20.8 Å². The standard InChI is InChI=1S/C11H19N5O4/c1-11(2,3)20-10(18)16-5-4-7(14-15-13)8(6-16)19-9(12)17/h7-8H,4-6H2,1-3H3,(H2,12,17)/t7-,8?/m1/s1. The molecule has 0 spiro atoms. The highest BCUT2D eigenvalue weighted by molar-refractivity contribution is 5.68. The van der Waals surface area contributed by atoms with Crippen LogP contribution >= 0.6 is 0 Å². The van der Waals surface area contributed by atoms with Crippen molar-refractivity contribution in [1.82, 2.24) is 4.90 Å². The van der Waals surface area contributed by atoms with Crippen molar-refractivity contribution in [1.29, 1.82) is 0 Å². The lowest BCUT2D eigenvalue weighted by molar-refractivity contribution is -0.00475. The average molecular weight is 285 g/mol. The molecule has 1 rings (SSSR count). The zero-order valence-electron chi connectivity index (χ0n) is 11.8. The van der Waals surface area contributed by atoms with Gasteiger partial charge in [0.15, 0.2) is 0 Å². The number of hydrogen-bond donors (Lipinski definition) is 1. The van der Waals surface area contributed by atoms with E-state index in [1.807, 2.05) is 0 Å². The molecule has 0 aromatic heterocycles. The molecular weight excluding hydrogens is 266 g/mol. The number of rotatable bonds is 2. The summed E-state index contributed by atoms with van der Waals surface area (Å²) in [6.07, 6.45) is -1.86. The first-order chi connectivity index (χ1) is 9.23. The zero-order valence-corrected chi connectivity index (χ0v) is 11.8. The molecule has 1 aliphatic heterocycles. The van der Waals surface area contributed by atoms with E-state index in [0.29, 0.717) is 13.0 Å². The summed E-state index contributed by atoms with van der Waals surface area (Å²) in [6, 6.07) is -0.536. The molecule has 9 nitrogen and oxygen atoms in total. The predicted octanol–water partition coefficient (Wildman–Crippen LogP) is 1.77. The molecule has 1 aliphatic rings. The lowest BCUT2D eigenvalue weighted by Gasteiger charge is -2.36. The minimum atomic E-state index is -0.973. The van der Waals surface area contributed by atoms with Gasteiger partial charge in [0.1, 0.15) is 11.7 Å². The Balaban J connectivity index is 2.72. The maximum atomic E-state index is 11.9. The number of nitrogens with zero attached hydrogens (tertiary/aromatic N) is 4. The third-order valence-electron chi connectivity index (χ3n) is 2.64. The number of likely N-dealkylation sites (tertiary alicyclic amines) is 1. The Labute approximate surface area is 116 Å². The fourth-order valence-electron chi connectivity index (χ4n) is 1.86. The van der Waals surface area contributed by atoms with Gasteiger partial charge < -0.3 is 20.1 Å². The van der Waals surface area contributed by atoms with Crippen LogP contribution in [0.4, 0.5) is 9.59 Å². The van der Waals surface area contributed by atoms with Crippen LogP contribution in [0.1, 0.15) is 27.2 Å². The molecule has 0 aromatic rings. The summed E-state index contributed by atoms with van der Waals surface area (Å²) in [5.41, 5.74) is 12.8. The predicted molar refractivity (Wildman–Crippen MR) is 69.8 cm³/mol. The van der Waals surface area contributed by atoms with Crippen molar-refractivity contribution >= 4 is 12.2 Å². The Bertz CT molecular complexity index is 427. The normalized spacial score (nSPS) is 22.6. The van der Waals surface area contributed by atoms with E-state index in [-0.39, 0.29) is 6.54 Å². The Kier molecular flexibility index (Phi) is 5.04. The molecule has 9 heteroatoms. The van der Waals surface area contributed by atoms with Gasteiger partial charge in [-0.2, -0.15) is 0 Å². The molecule has 1 saturated heterocycles. The fraction of sp³-hybridized carbons (Fsp3) is 0.818. The molecule has 2 atom stereocenters. The number of azide groups is 1. The molecule has 2 N–H and O–H groups in total. The van der Waals surface area contributed by atoms with Crippen molar-refractivity contribution in [2.24, 2.45) is 10.8 Å². The summed E-state index contributed by atoms with van der Waals surface area (Å²) in [4.78, 5) is 26.9. The van der Waals surface area contributed by atoms with Gasteiger partial charge in [0.25, 0.3) is 0 Å². The second-order valence-electron chi connectivity index (χ2n) is 5.46. The summed E-state index contributed by atoms with van der Waals surface area (Å²) >= 11 is 0. The zero-order chi connectivity index (χ0) is 15.3. The van der Waals surface area contributed by atoms with E-state index in [2.05, 4.69) is 10.0 Å². The second kappa shape index (κ2) is 6.33. The van der Waals surface area contributed by atoms with Crippen LogP contribution < -0.4 is 5.73 Å². The van der Waals surface area contributed by atoms with Crippen LogP contribution in [0.15, 0.2) is 5.11 Å². The maximum Gasteiger partial charge on any atom is 0.410 e. The first kappa shape index (κ1) is 15.9. The van der Waals surface area contributed by atoms with E-state index in [0.717, 1.165) is 0 Å². The topological polar surface area (TPSA) is 131 Å². The Morgan fingerprint density at radius 3 is 2.60 bits per heavy atom. The smallest absolute Gasteiger partial charge is 0.410 e. The van der Waals surface area contributed by atoms with Crippen molar-refractivity contribution in [3.8, 4) is 0 Å². The van der Waals surface area contributed by atoms with E-state index in [4.69, 9.17) is 20.7 Å². The lowest BCUT2D eigenvalue weighted by atomic mass is 10.0. The summed E-state index contributed by atoms with van der Waals surface area (Å²) in [5.74, 6) is 0. The van der Waals surface area contributed by atoms with Crippen molar-refractivity contribution < 1.29 is 19.1 Å². The van der Waals surface area contributed by atoms with Crippen molar-refractivity contribution in [2.75, 3.05) is 13.1 Å². The van der Waals surface area contributed by atoms with Crippen LogP contribution in [0, 0.1) is 0 Å². The minimum Gasteiger partial charge on any atom is -0.444 e. The number of amides is 2. The van der Waals surface area contributed by atoms with Gasteiger partial charge in [0.05, 0.1) is 12.6 Å². The quantitative estimate of drug-likeness (QED) is 0.470. The lowest BCUT2D eigenvalue weighted by Crippen LogP contribution is -2.51. The number of carbonyl (C=O) groups is 2. The SMILES string of the molecule is CC(C)(C)OC(=O)N1CC[C@@H](N=[N+]=[N-])C(OC(N)=O)C1. The summed E-state index contributed by atoms with van der Waals surface area (Å²) in [7, 11) is 0. The van der Waals surface area contributed by atoms with Gasteiger partial charge >= 0.3 is 12.2 Å². The largest absolute Gasteiger partial charge is 0.444 e. The van der Waals surface area contributed by atoms with Crippen LogP contribution in [0.2, 0.25) is 0 Å². The molecular formula is C11H19N5O4. The molecule has 0 aromatic carbocycles. The highest BCUT2D eigenvalue weighted by Crippen LogP contribution is 2.20. The summed E-state index contributed by atoms with van der Waals surface area (Å²) < 4.78 is 10.1. The monoisotopic (exact) mass is 285 g/mol. The van der Waals surface area contributed by atoms with Gasteiger partial charge in [-0.1, -0.05) is 5.11 Å². The molecule has 20 heavy (non-hydrogen) atoms. The van der Waals surface area contributed by atoms with Crippen LogP contribution in [0.5, 0.6) is 0 Å². The second-order valence-corrected chi connectivity index (χ2v) is 5.46. The van der Waals surface area contributed by atoms with Gasteiger partial charge in [-0.15, -0.1) is 0 Å². The Morgan fingerprint density at radius 2 is 2.10 bits per heavy atom. The molecule has 0 bridgehead atoms. The van der Waals surface area contributed by atoms with E-state index < -0.39 is 29.9 Å². The van der Waals surface area contributed by atoms with Crippen molar-refractivity contribution in [3.63, 3.8) is 0 Å². The fourth-order valence-corrected chi connectivity index (χ4v) is 1.86. The van der Waals surface area contributed by atoms with Gasteiger partial charge in [-0.3, -0.25) is 0 Å². The first-order valence-electron chi connectivity index (χ1n) is 6.21. The Morgan fingerprint density at radius 1 is 1.45 bits per heavy atom. The maximum absolute atomic E-state index is 11.9. The molecule has 0 saturated carbocycles. The number of primary amides is 1. The summed E-state index contributed by atoms with van der Waals surface area (Å²) in [6.45, 7) is 5.72. The molecule has 1 heterocycles. The summed E-state index contributed by atoms with van der Waals surface area (Å²) in [5, 5.41) is 3.56. The number of ether oxygens (including phenoxy) is 2. The van der Waals surface area contributed by atoms with Gasteiger partial charge in [0, 0.05) is 11.5 Å². The average Bonchev–Trinajstić information content (AvgIpc) is 2.28. The van der Waals surface area contributed by atoms with E-state index >= 15 is 0 Å². The van der Waals surface area contributed by atoms with Crippen LogP contribution in [-0.2, 0) is 9.47 Å². The molecule has 1 fully saturated rings. The Hall–Kier alpha value is -2.15. The molecule has 2 amide bonds.